The van der Waals surface area contributed by atoms with E-state index in [1.165, 1.54) is 9.79 Å². The largest absolute Gasteiger partial charge is 0.456 e. The molecule has 0 saturated heterocycles. The van der Waals surface area contributed by atoms with Crippen LogP contribution in [0.1, 0.15) is 11.1 Å². The summed E-state index contributed by atoms with van der Waals surface area (Å²) in [5.41, 5.74) is 3.28. The van der Waals surface area contributed by atoms with Crippen LogP contribution in [0.4, 0.5) is 0 Å². The number of aliphatic hydroxyl groups is 2. The first-order valence-corrected chi connectivity index (χ1v) is 20.8. The number of fused-ring (bicyclic) bond motifs is 6. The van der Waals surface area contributed by atoms with Crippen LogP contribution >= 0.6 is 47.0 Å². The fourth-order valence-corrected chi connectivity index (χ4v) is 12.0. The minimum Gasteiger partial charge on any atom is -0.456 e. The Bertz CT molecular complexity index is 2590. The zero-order valence-electron chi connectivity index (χ0n) is 28.6. The Balaban J connectivity index is 1.14. The summed E-state index contributed by atoms with van der Waals surface area (Å²) in [7, 11) is 0. The molecule has 0 fully saturated rings. The molecule has 0 bridgehead atoms. The molecule has 0 saturated carbocycles. The van der Waals surface area contributed by atoms with Gasteiger partial charge in [-0.2, -0.15) is 0 Å². The van der Waals surface area contributed by atoms with Crippen molar-refractivity contribution < 1.29 is 19.7 Å². The molecule has 10 rings (SSSR count). The summed E-state index contributed by atoms with van der Waals surface area (Å²) >= 11 is 6.78. The van der Waals surface area contributed by atoms with Gasteiger partial charge in [0.2, 0.25) is 0 Å². The zero-order valence-corrected chi connectivity index (χ0v) is 31.9. The van der Waals surface area contributed by atoms with Crippen molar-refractivity contribution in [3.63, 3.8) is 0 Å². The van der Waals surface area contributed by atoms with E-state index < -0.39 is 0 Å². The van der Waals surface area contributed by atoms with Gasteiger partial charge < -0.3 is 19.7 Å². The first kappa shape index (κ1) is 33.7. The highest BCUT2D eigenvalue weighted by Crippen LogP contribution is 2.55. The van der Waals surface area contributed by atoms with Gasteiger partial charge in [0, 0.05) is 61.4 Å². The normalized spacial score (nSPS) is 12.9. The minimum absolute atomic E-state index is 0.164. The van der Waals surface area contributed by atoms with Gasteiger partial charge in [-0.15, -0.1) is 0 Å². The van der Waals surface area contributed by atoms with E-state index in [1.807, 2.05) is 60.7 Å². The van der Waals surface area contributed by atoms with E-state index in [0.717, 1.165) is 73.2 Å². The molecule has 0 aromatic heterocycles. The molecule has 2 aliphatic rings. The van der Waals surface area contributed by atoms with Gasteiger partial charge in [0.15, 0.2) is 0 Å². The lowest BCUT2D eigenvalue weighted by atomic mass is 9.92. The lowest BCUT2D eigenvalue weighted by Crippen LogP contribution is -2.01. The molecule has 262 valence electrons. The van der Waals surface area contributed by atoms with E-state index in [4.69, 9.17) is 9.47 Å². The van der Waals surface area contributed by atoms with Crippen LogP contribution in [0.25, 0.3) is 32.7 Å². The molecule has 2 N–H and O–H groups in total. The second-order valence-electron chi connectivity index (χ2n) is 12.9. The van der Waals surface area contributed by atoms with E-state index in [0.29, 0.717) is 23.0 Å². The van der Waals surface area contributed by atoms with Gasteiger partial charge in [0.05, 0.1) is 13.2 Å². The SMILES string of the molecule is OCc1c(Oc2ccc3ccccc3c2-c2c(Oc3ccc4c(c3CO)Sc3ccccc3S4)ccc3ccccc23)ccc2c1Sc1ccccc1S2. The average molecular weight is 775 g/mol. The number of hydrogen-bond acceptors (Lipinski definition) is 8. The molecule has 2 heterocycles. The van der Waals surface area contributed by atoms with E-state index in [-0.39, 0.29) is 13.2 Å². The first-order valence-electron chi connectivity index (χ1n) is 17.5. The summed E-state index contributed by atoms with van der Waals surface area (Å²) in [6.07, 6.45) is 0. The highest BCUT2D eigenvalue weighted by atomic mass is 32.2. The van der Waals surface area contributed by atoms with Crippen LogP contribution in [0.3, 0.4) is 0 Å². The van der Waals surface area contributed by atoms with Crippen LogP contribution < -0.4 is 9.47 Å². The number of benzene rings is 8. The molecule has 54 heavy (non-hydrogen) atoms. The Kier molecular flexibility index (Phi) is 8.83. The summed E-state index contributed by atoms with van der Waals surface area (Å²) in [5, 5.41) is 25.8. The number of aliphatic hydroxyl groups excluding tert-OH is 2. The fourth-order valence-electron chi connectivity index (χ4n) is 7.17. The Morgan fingerprint density at radius 2 is 0.722 bits per heavy atom. The molecule has 0 amide bonds. The molecule has 8 heteroatoms. The molecule has 0 radical (unpaired) electrons. The van der Waals surface area contributed by atoms with Crippen LogP contribution in [0.5, 0.6) is 23.0 Å². The molecule has 8 aromatic carbocycles. The maximum Gasteiger partial charge on any atom is 0.136 e. The Morgan fingerprint density at radius 1 is 0.352 bits per heavy atom. The Labute approximate surface area is 329 Å². The molecular formula is C46H30O4S4. The molecule has 8 aromatic rings. The second-order valence-corrected chi connectivity index (χ2v) is 17.2. The van der Waals surface area contributed by atoms with Crippen molar-refractivity contribution >= 4 is 68.6 Å². The Morgan fingerprint density at radius 3 is 1.15 bits per heavy atom. The predicted octanol–water partition coefficient (Wildman–Crippen LogP) is 13.5. The predicted molar refractivity (Wildman–Crippen MR) is 221 cm³/mol. The second kappa shape index (κ2) is 14.1. The van der Waals surface area contributed by atoms with Crippen molar-refractivity contribution in [3.05, 3.63) is 157 Å². The molecule has 0 unspecified atom stereocenters. The molecule has 4 nitrogen and oxygen atoms in total. The third-order valence-electron chi connectivity index (χ3n) is 9.71. The lowest BCUT2D eigenvalue weighted by molar-refractivity contribution is 0.272. The summed E-state index contributed by atoms with van der Waals surface area (Å²) < 4.78 is 13.9. The van der Waals surface area contributed by atoms with Crippen LogP contribution in [0.2, 0.25) is 0 Å². The van der Waals surface area contributed by atoms with Crippen LogP contribution in [-0.4, -0.2) is 10.2 Å². The zero-order chi connectivity index (χ0) is 36.2. The maximum atomic E-state index is 10.8. The highest BCUT2D eigenvalue weighted by molar-refractivity contribution is 8.05. The third kappa shape index (κ3) is 5.85. The lowest BCUT2D eigenvalue weighted by Gasteiger charge is -2.24. The number of rotatable bonds is 7. The standard InChI is InChI=1S/C46H30O4S4/c47-25-31-33(21-23-41-45(31)53-39-15-7-5-13-37(39)51-41)49-35-19-17-27-9-1-3-11-29(27)43(35)44-30-12-4-2-10-28(30)18-20-36(44)50-34-22-24-42-46(32(34)26-48)54-40-16-8-6-14-38(40)52-42/h1-24,47-48H,25-26H2. The van der Waals surface area contributed by atoms with Crippen LogP contribution in [0.15, 0.2) is 185 Å². The van der Waals surface area contributed by atoms with Crippen molar-refractivity contribution in [1.29, 1.82) is 0 Å². The number of hydrogen-bond donors (Lipinski definition) is 2. The van der Waals surface area contributed by atoms with Gasteiger partial charge in [0.25, 0.3) is 0 Å². The molecule has 2 aliphatic heterocycles. The van der Waals surface area contributed by atoms with E-state index in [2.05, 4.69) is 84.9 Å². The van der Waals surface area contributed by atoms with Crippen molar-refractivity contribution in [2.45, 2.75) is 52.4 Å². The monoisotopic (exact) mass is 774 g/mol. The first-order chi connectivity index (χ1) is 26.7. The van der Waals surface area contributed by atoms with Crippen molar-refractivity contribution in [2.24, 2.45) is 0 Å². The average Bonchev–Trinajstić information content (AvgIpc) is 3.22. The van der Waals surface area contributed by atoms with Crippen molar-refractivity contribution in [2.75, 3.05) is 0 Å². The molecule has 0 aliphatic carbocycles. The van der Waals surface area contributed by atoms with Gasteiger partial charge in [0.1, 0.15) is 23.0 Å². The van der Waals surface area contributed by atoms with Crippen molar-refractivity contribution in [1.82, 2.24) is 0 Å². The third-order valence-corrected chi connectivity index (χ3v) is 15.0. The topological polar surface area (TPSA) is 58.9 Å². The summed E-state index contributed by atoms with van der Waals surface area (Å²) in [6, 6.07) is 49.7. The van der Waals surface area contributed by atoms with E-state index >= 15 is 0 Å². The van der Waals surface area contributed by atoms with Gasteiger partial charge >= 0.3 is 0 Å². The van der Waals surface area contributed by atoms with Gasteiger partial charge in [-0.05, 0) is 82.2 Å². The van der Waals surface area contributed by atoms with E-state index in [9.17, 15) is 10.2 Å². The summed E-state index contributed by atoms with van der Waals surface area (Å²) in [6.45, 7) is -0.328. The highest BCUT2D eigenvalue weighted by Gasteiger charge is 2.27. The Hall–Kier alpha value is -4.80. The summed E-state index contributed by atoms with van der Waals surface area (Å²) in [4.78, 5) is 8.96. The van der Waals surface area contributed by atoms with Gasteiger partial charge in [-0.25, -0.2) is 0 Å². The molecule has 0 atom stereocenters. The van der Waals surface area contributed by atoms with Gasteiger partial charge in [-0.3, -0.25) is 0 Å². The summed E-state index contributed by atoms with van der Waals surface area (Å²) in [5.74, 6) is 2.51. The number of ether oxygens (including phenoxy) is 2. The minimum atomic E-state index is -0.164. The molecular weight excluding hydrogens is 745 g/mol. The van der Waals surface area contributed by atoms with Crippen molar-refractivity contribution in [3.8, 4) is 34.1 Å². The smallest absolute Gasteiger partial charge is 0.136 e. The van der Waals surface area contributed by atoms with Crippen LogP contribution in [-0.2, 0) is 13.2 Å². The maximum absolute atomic E-state index is 10.8. The quantitative estimate of drug-likeness (QED) is 0.166. The van der Waals surface area contributed by atoms with E-state index in [1.54, 1.807) is 47.0 Å². The molecule has 0 spiro atoms. The van der Waals surface area contributed by atoms with Crippen LogP contribution in [0, 0.1) is 0 Å². The fraction of sp³-hybridized carbons (Fsp3) is 0.0435. The van der Waals surface area contributed by atoms with Gasteiger partial charge in [-0.1, -0.05) is 132 Å².